The fraction of sp³-hybridized carbons (Fsp3) is 0.727. The lowest BCUT2D eigenvalue weighted by molar-refractivity contribution is -0.119. The summed E-state index contributed by atoms with van der Waals surface area (Å²) in [4.78, 5) is 27.8. The second-order valence-electron chi connectivity index (χ2n) is 7.98. The molecule has 0 saturated carbocycles. The first-order chi connectivity index (χ1) is 12.6. The van der Waals surface area contributed by atoms with Gasteiger partial charge in [0.2, 0.25) is 0 Å². The molecule has 0 aliphatic carbocycles. The Morgan fingerprint density at radius 2 is 1.63 bits per heavy atom. The molecule has 156 valence electrons. The van der Waals surface area contributed by atoms with Crippen LogP contribution < -0.4 is 0 Å². The van der Waals surface area contributed by atoms with Crippen LogP contribution in [0.4, 0.5) is 4.79 Å². The van der Waals surface area contributed by atoms with Crippen molar-refractivity contribution in [3.05, 3.63) is 23.0 Å². The van der Waals surface area contributed by atoms with Crippen LogP contribution in [-0.2, 0) is 9.53 Å². The zero-order valence-corrected chi connectivity index (χ0v) is 19.0. The average Bonchev–Trinajstić information content (AvgIpc) is 2.58. The number of hydrogen-bond donors (Lipinski definition) is 0. The summed E-state index contributed by atoms with van der Waals surface area (Å²) in [5.74, 6) is 0.0455. The zero-order valence-electron chi connectivity index (χ0n) is 18.2. The van der Waals surface area contributed by atoms with Crippen LogP contribution in [0.3, 0.4) is 0 Å². The minimum atomic E-state index is -0.493. The highest BCUT2D eigenvalue weighted by Crippen LogP contribution is 2.31. The molecule has 0 aromatic rings. The van der Waals surface area contributed by atoms with Gasteiger partial charge in [0.15, 0.2) is 5.78 Å². The number of hydrogen-bond acceptors (Lipinski definition) is 4. The Morgan fingerprint density at radius 3 is 2.07 bits per heavy atom. The number of carbonyl (C=O) groups is 2. The van der Waals surface area contributed by atoms with Gasteiger partial charge in [-0.15, -0.1) is 0 Å². The maximum absolute atomic E-state index is 12.5. The topological polar surface area (TPSA) is 46.6 Å². The molecule has 1 saturated heterocycles. The standard InChI is InChI=1S/C19H31NO3S.C3H8/c1-7-8-9-14(2)24-15(3)17(21)16-10-12-20(13-11-16)18(22)23-19(4,5)6;1-3-2/h16H,2-3,7-13H2,1,4-6H3;3H2,1-2H3. The molecule has 0 N–H and O–H groups in total. The summed E-state index contributed by atoms with van der Waals surface area (Å²) < 4.78 is 5.38. The molecule has 5 heteroatoms. The van der Waals surface area contributed by atoms with Gasteiger partial charge < -0.3 is 9.64 Å². The Kier molecular flexibility index (Phi) is 12.4. The third kappa shape index (κ3) is 11.3. The number of carbonyl (C=O) groups excluding carboxylic acids is 2. The number of thioether (sulfide) groups is 1. The molecule has 1 rings (SSSR count). The normalized spacial score (nSPS) is 14.8. The van der Waals surface area contributed by atoms with E-state index in [-0.39, 0.29) is 17.8 Å². The van der Waals surface area contributed by atoms with Crippen LogP contribution in [0.1, 0.15) is 80.1 Å². The lowest BCUT2D eigenvalue weighted by Crippen LogP contribution is -2.43. The van der Waals surface area contributed by atoms with Crippen LogP contribution >= 0.6 is 11.8 Å². The Balaban J connectivity index is 0.00000210. The molecule has 1 aliphatic heterocycles. The number of likely N-dealkylation sites (tertiary alicyclic amines) is 1. The van der Waals surface area contributed by atoms with Gasteiger partial charge in [0, 0.05) is 23.9 Å². The summed E-state index contributed by atoms with van der Waals surface area (Å²) in [7, 11) is 0. The van der Waals surface area contributed by atoms with Gasteiger partial charge in [-0.1, -0.05) is 58.5 Å². The van der Waals surface area contributed by atoms with Gasteiger partial charge in [-0.05, 0) is 51.4 Å². The van der Waals surface area contributed by atoms with Gasteiger partial charge in [0.1, 0.15) is 5.60 Å². The first-order valence-corrected chi connectivity index (χ1v) is 10.9. The maximum Gasteiger partial charge on any atom is 0.410 e. The minimum absolute atomic E-state index is 0.0531. The number of ether oxygens (including phenoxy) is 1. The number of nitrogens with zero attached hydrogens (tertiary/aromatic N) is 1. The molecule has 1 aliphatic rings. The highest BCUT2D eigenvalue weighted by molar-refractivity contribution is 8.07. The summed E-state index contributed by atoms with van der Waals surface area (Å²) in [6, 6.07) is 0. The molecule has 1 amide bonds. The Labute approximate surface area is 170 Å². The molecule has 1 fully saturated rings. The molecular weight excluding hydrogens is 358 g/mol. The summed E-state index contributed by atoms with van der Waals surface area (Å²) in [5.41, 5.74) is -0.493. The lowest BCUT2D eigenvalue weighted by Gasteiger charge is -2.33. The summed E-state index contributed by atoms with van der Waals surface area (Å²) >= 11 is 1.41. The monoisotopic (exact) mass is 397 g/mol. The Hall–Kier alpha value is -1.23. The van der Waals surface area contributed by atoms with Gasteiger partial charge in [0.05, 0.1) is 0 Å². The number of allylic oxidation sites excluding steroid dienone is 2. The fourth-order valence-corrected chi connectivity index (χ4v) is 3.39. The van der Waals surface area contributed by atoms with Crippen molar-refractivity contribution in [3.63, 3.8) is 0 Å². The molecule has 0 spiro atoms. The molecule has 4 nitrogen and oxygen atoms in total. The van der Waals surface area contributed by atoms with E-state index in [1.165, 1.54) is 18.2 Å². The Morgan fingerprint density at radius 1 is 1.11 bits per heavy atom. The van der Waals surface area contributed by atoms with Crippen molar-refractivity contribution < 1.29 is 14.3 Å². The fourth-order valence-electron chi connectivity index (χ4n) is 2.53. The second kappa shape index (κ2) is 13.0. The minimum Gasteiger partial charge on any atom is -0.444 e. The van der Waals surface area contributed by atoms with Crippen LogP contribution in [0.15, 0.2) is 23.0 Å². The van der Waals surface area contributed by atoms with Crippen molar-refractivity contribution in [2.75, 3.05) is 13.1 Å². The highest BCUT2D eigenvalue weighted by atomic mass is 32.2. The molecule has 0 aromatic carbocycles. The van der Waals surface area contributed by atoms with Gasteiger partial charge in [0.25, 0.3) is 0 Å². The third-order valence-electron chi connectivity index (χ3n) is 3.87. The molecule has 0 aromatic heterocycles. The number of ketones is 1. The predicted octanol–water partition coefficient (Wildman–Crippen LogP) is 6.57. The van der Waals surface area contributed by atoms with E-state index in [1.807, 2.05) is 20.8 Å². The zero-order chi connectivity index (χ0) is 21.0. The van der Waals surface area contributed by atoms with Crippen LogP contribution in [0.5, 0.6) is 0 Å². The van der Waals surface area contributed by atoms with E-state index < -0.39 is 5.60 Å². The molecule has 0 atom stereocenters. The van der Waals surface area contributed by atoms with Crippen molar-refractivity contribution in [1.82, 2.24) is 4.90 Å². The molecule has 0 radical (unpaired) electrons. The van der Waals surface area contributed by atoms with Crippen molar-refractivity contribution in [2.45, 2.75) is 85.7 Å². The largest absolute Gasteiger partial charge is 0.444 e. The van der Waals surface area contributed by atoms with Gasteiger partial charge in [-0.25, -0.2) is 4.79 Å². The summed E-state index contributed by atoms with van der Waals surface area (Å²) in [5, 5.41) is 0. The maximum atomic E-state index is 12.5. The SMILES string of the molecule is C=C(CCCC)SC(=C)C(=O)C1CCN(C(=O)OC(C)(C)C)CC1.CCC. The van der Waals surface area contributed by atoms with E-state index in [2.05, 4.69) is 33.9 Å². The lowest BCUT2D eigenvalue weighted by atomic mass is 9.92. The number of amides is 1. The average molecular weight is 398 g/mol. The first kappa shape index (κ1) is 25.8. The van der Waals surface area contributed by atoms with Crippen LogP contribution in [0, 0.1) is 5.92 Å². The first-order valence-electron chi connectivity index (χ1n) is 10.1. The van der Waals surface area contributed by atoms with E-state index >= 15 is 0 Å². The van der Waals surface area contributed by atoms with Crippen molar-refractivity contribution in [3.8, 4) is 0 Å². The summed E-state index contributed by atoms with van der Waals surface area (Å²) in [6.45, 7) is 21.0. The van der Waals surface area contributed by atoms with Crippen LogP contribution in [0.25, 0.3) is 0 Å². The van der Waals surface area contributed by atoms with E-state index in [4.69, 9.17) is 4.74 Å². The van der Waals surface area contributed by atoms with E-state index in [0.29, 0.717) is 30.8 Å². The highest BCUT2D eigenvalue weighted by Gasteiger charge is 2.30. The Bertz CT molecular complexity index is 500. The van der Waals surface area contributed by atoms with Crippen LogP contribution in [-0.4, -0.2) is 35.5 Å². The van der Waals surface area contributed by atoms with Crippen molar-refractivity contribution >= 4 is 23.6 Å². The van der Waals surface area contributed by atoms with E-state index in [9.17, 15) is 9.59 Å². The van der Waals surface area contributed by atoms with Gasteiger partial charge >= 0.3 is 6.09 Å². The molecule has 27 heavy (non-hydrogen) atoms. The predicted molar refractivity (Wildman–Crippen MR) is 117 cm³/mol. The van der Waals surface area contributed by atoms with Crippen LogP contribution in [0.2, 0.25) is 0 Å². The quantitative estimate of drug-likeness (QED) is 0.456. The van der Waals surface area contributed by atoms with Crippen molar-refractivity contribution in [1.29, 1.82) is 0 Å². The third-order valence-corrected chi connectivity index (χ3v) is 4.81. The molecule has 0 bridgehead atoms. The number of unbranched alkanes of at least 4 members (excludes halogenated alkanes) is 1. The van der Waals surface area contributed by atoms with Crippen molar-refractivity contribution in [2.24, 2.45) is 5.92 Å². The molecule has 0 unspecified atom stereocenters. The van der Waals surface area contributed by atoms with Gasteiger partial charge in [-0.3, -0.25) is 4.79 Å². The van der Waals surface area contributed by atoms with Gasteiger partial charge in [-0.2, -0.15) is 0 Å². The number of rotatable bonds is 7. The molecular formula is C22H39NO3S. The molecule has 1 heterocycles. The number of piperidine rings is 1. The van der Waals surface area contributed by atoms with E-state index in [1.54, 1.807) is 4.90 Å². The second-order valence-corrected chi connectivity index (χ2v) is 9.25. The smallest absolute Gasteiger partial charge is 0.410 e. The number of Topliss-reactive ketones (excluding diaryl/α,β-unsaturated/α-hetero) is 1. The van der Waals surface area contributed by atoms with E-state index in [0.717, 1.165) is 24.2 Å². The summed E-state index contributed by atoms with van der Waals surface area (Å²) in [6.07, 6.45) is 5.41.